The van der Waals surface area contributed by atoms with Crippen LogP contribution in [-0.4, -0.2) is 35.7 Å². The number of carbonyl (C=O) groups excluding carboxylic acids is 1. The first-order chi connectivity index (χ1) is 10.0. The molecule has 1 heterocycles. The second-order valence-electron chi connectivity index (χ2n) is 5.76. The van der Waals surface area contributed by atoms with Gasteiger partial charge in [-0.25, -0.2) is 0 Å². The number of rotatable bonds is 4. The summed E-state index contributed by atoms with van der Waals surface area (Å²) < 4.78 is 5.09. The third-order valence-electron chi connectivity index (χ3n) is 3.94. The predicted octanol–water partition coefficient (Wildman–Crippen LogP) is 2.69. The molecule has 0 bridgehead atoms. The van der Waals surface area contributed by atoms with Gasteiger partial charge in [-0.15, -0.1) is 0 Å². The standard InChI is InChI=1S/C17H23NO3/c1-12(2)16(19)13-8-10-18(11-9-13)17(20)14-4-6-15(21-3)7-5-14/h4-8,10,12-13,16,19H,9,11H2,1-3H3. The normalized spacial score (nSPS) is 19.7. The van der Waals surface area contributed by atoms with Gasteiger partial charge >= 0.3 is 0 Å². The smallest absolute Gasteiger partial charge is 0.257 e. The Labute approximate surface area is 126 Å². The fourth-order valence-corrected chi connectivity index (χ4v) is 2.52. The predicted molar refractivity (Wildman–Crippen MR) is 82.1 cm³/mol. The highest BCUT2D eigenvalue weighted by Crippen LogP contribution is 2.23. The largest absolute Gasteiger partial charge is 0.497 e. The van der Waals surface area contributed by atoms with E-state index in [1.807, 2.05) is 19.9 Å². The number of aliphatic hydroxyl groups is 1. The van der Waals surface area contributed by atoms with E-state index in [2.05, 4.69) is 0 Å². The number of nitrogens with zero attached hydrogens (tertiary/aromatic N) is 1. The van der Waals surface area contributed by atoms with E-state index in [9.17, 15) is 9.90 Å². The Kier molecular flexibility index (Phi) is 5.02. The lowest BCUT2D eigenvalue weighted by atomic mass is 9.89. The summed E-state index contributed by atoms with van der Waals surface area (Å²) >= 11 is 0. The van der Waals surface area contributed by atoms with Crippen molar-refractivity contribution in [2.24, 2.45) is 11.8 Å². The second kappa shape index (κ2) is 6.76. The van der Waals surface area contributed by atoms with Crippen molar-refractivity contribution in [1.29, 1.82) is 0 Å². The van der Waals surface area contributed by atoms with Gasteiger partial charge in [-0.05, 0) is 36.6 Å². The summed E-state index contributed by atoms with van der Waals surface area (Å²) in [5.41, 5.74) is 0.642. The molecular weight excluding hydrogens is 266 g/mol. The van der Waals surface area contributed by atoms with E-state index in [1.165, 1.54) is 0 Å². The second-order valence-corrected chi connectivity index (χ2v) is 5.76. The van der Waals surface area contributed by atoms with E-state index >= 15 is 0 Å². The average molecular weight is 289 g/mol. The molecule has 4 heteroatoms. The van der Waals surface area contributed by atoms with E-state index in [0.29, 0.717) is 12.1 Å². The molecule has 21 heavy (non-hydrogen) atoms. The third-order valence-corrected chi connectivity index (χ3v) is 3.94. The highest BCUT2D eigenvalue weighted by molar-refractivity contribution is 5.95. The SMILES string of the molecule is COc1ccc(C(=O)N2C=CC(C(O)C(C)C)CC2)cc1. The van der Waals surface area contributed by atoms with Gasteiger partial charge in [0, 0.05) is 24.2 Å². The summed E-state index contributed by atoms with van der Waals surface area (Å²) in [5, 5.41) is 10.1. The zero-order chi connectivity index (χ0) is 15.4. The first-order valence-corrected chi connectivity index (χ1v) is 7.34. The van der Waals surface area contributed by atoms with Crippen molar-refractivity contribution in [1.82, 2.24) is 4.90 Å². The molecule has 114 valence electrons. The van der Waals surface area contributed by atoms with Crippen LogP contribution >= 0.6 is 0 Å². The number of hydrogen-bond donors (Lipinski definition) is 1. The molecule has 1 N–H and O–H groups in total. The quantitative estimate of drug-likeness (QED) is 0.927. The molecule has 0 aliphatic carbocycles. The monoisotopic (exact) mass is 289 g/mol. The van der Waals surface area contributed by atoms with Crippen molar-refractivity contribution >= 4 is 5.91 Å². The molecule has 0 aromatic heterocycles. The highest BCUT2D eigenvalue weighted by Gasteiger charge is 2.25. The van der Waals surface area contributed by atoms with Crippen molar-refractivity contribution < 1.29 is 14.6 Å². The van der Waals surface area contributed by atoms with Gasteiger partial charge in [-0.1, -0.05) is 19.9 Å². The Morgan fingerprint density at radius 3 is 2.48 bits per heavy atom. The van der Waals surface area contributed by atoms with Crippen LogP contribution in [0, 0.1) is 11.8 Å². The third kappa shape index (κ3) is 3.64. The molecule has 1 aromatic rings. The van der Waals surface area contributed by atoms with Gasteiger partial charge in [-0.2, -0.15) is 0 Å². The molecule has 0 spiro atoms. The van der Waals surface area contributed by atoms with Crippen LogP contribution in [0.2, 0.25) is 0 Å². The van der Waals surface area contributed by atoms with Gasteiger partial charge in [-0.3, -0.25) is 4.79 Å². The van der Waals surface area contributed by atoms with Crippen LogP contribution in [0.1, 0.15) is 30.6 Å². The van der Waals surface area contributed by atoms with Crippen LogP contribution in [0.25, 0.3) is 0 Å². The fraction of sp³-hybridized carbons (Fsp3) is 0.471. The number of ether oxygens (including phenoxy) is 1. The average Bonchev–Trinajstić information content (AvgIpc) is 2.53. The molecule has 4 nitrogen and oxygen atoms in total. The maximum atomic E-state index is 12.4. The van der Waals surface area contributed by atoms with E-state index in [0.717, 1.165) is 12.2 Å². The lowest BCUT2D eigenvalue weighted by Crippen LogP contribution is -2.35. The number of hydrogen-bond acceptors (Lipinski definition) is 3. The van der Waals surface area contributed by atoms with Crippen molar-refractivity contribution in [2.75, 3.05) is 13.7 Å². The minimum atomic E-state index is -0.348. The van der Waals surface area contributed by atoms with Gasteiger partial charge in [0.15, 0.2) is 0 Å². The first kappa shape index (κ1) is 15.6. The molecule has 1 aromatic carbocycles. The van der Waals surface area contributed by atoms with Crippen molar-refractivity contribution in [3.8, 4) is 5.75 Å². The maximum absolute atomic E-state index is 12.4. The molecule has 2 rings (SSSR count). The number of amides is 1. The summed E-state index contributed by atoms with van der Waals surface area (Å²) in [6.45, 7) is 4.65. The van der Waals surface area contributed by atoms with Crippen molar-refractivity contribution in [2.45, 2.75) is 26.4 Å². The van der Waals surface area contributed by atoms with Gasteiger partial charge in [0.1, 0.15) is 5.75 Å². The topological polar surface area (TPSA) is 49.8 Å². The highest BCUT2D eigenvalue weighted by atomic mass is 16.5. The van der Waals surface area contributed by atoms with Crippen LogP contribution < -0.4 is 4.74 Å². The van der Waals surface area contributed by atoms with Gasteiger partial charge in [0.05, 0.1) is 13.2 Å². The number of carbonyl (C=O) groups is 1. The molecule has 1 aliphatic rings. The Hall–Kier alpha value is -1.81. The minimum absolute atomic E-state index is 0.0219. The van der Waals surface area contributed by atoms with Gasteiger partial charge < -0.3 is 14.7 Å². The summed E-state index contributed by atoms with van der Waals surface area (Å²) in [4.78, 5) is 14.1. The van der Waals surface area contributed by atoms with Crippen LogP contribution in [0.5, 0.6) is 5.75 Å². The van der Waals surface area contributed by atoms with E-state index in [-0.39, 0.29) is 23.8 Å². The molecule has 1 amide bonds. The summed E-state index contributed by atoms with van der Waals surface area (Å²) in [6, 6.07) is 7.10. The number of aliphatic hydroxyl groups excluding tert-OH is 1. The van der Waals surface area contributed by atoms with Crippen LogP contribution in [-0.2, 0) is 0 Å². The Morgan fingerprint density at radius 2 is 2.00 bits per heavy atom. The lowest BCUT2D eigenvalue weighted by molar-refractivity contribution is 0.0638. The van der Waals surface area contributed by atoms with Crippen LogP contribution in [0.15, 0.2) is 36.5 Å². The summed E-state index contributed by atoms with van der Waals surface area (Å²) in [6.07, 6.45) is 4.18. The number of benzene rings is 1. The first-order valence-electron chi connectivity index (χ1n) is 7.34. The Morgan fingerprint density at radius 1 is 1.33 bits per heavy atom. The molecule has 2 atom stereocenters. The molecule has 1 aliphatic heterocycles. The zero-order valence-electron chi connectivity index (χ0n) is 12.8. The Bertz CT molecular complexity index is 507. The zero-order valence-corrected chi connectivity index (χ0v) is 12.8. The summed E-state index contributed by atoms with van der Waals surface area (Å²) in [5.74, 6) is 1.07. The molecule has 2 unspecified atom stereocenters. The minimum Gasteiger partial charge on any atom is -0.497 e. The van der Waals surface area contributed by atoms with Crippen LogP contribution in [0.4, 0.5) is 0 Å². The van der Waals surface area contributed by atoms with Gasteiger partial charge in [0.25, 0.3) is 5.91 Å². The summed E-state index contributed by atoms with van der Waals surface area (Å²) in [7, 11) is 1.60. The lowest BCUT2D eigenvalue weighted by Gasteiger charge is -2.30. The molecule has 0 radical (unpaired) electrons. The van der Waals surface area contributed by atoms with E-state index in [4.69, 9.17) is 4.74 Å². The molecule has 0 saturated carbocycles. The van der Waals surface area contributed by atoms with E-state index < -0.39 is 0 Å². The Balaban J connectivity index is 2.03. The van der Waals surface area contributed by atoms with Gasteiger partial charge in [0.2, 0.25) is 0 Å². The molecular formula is C17H23NO3. The van der Waals surface area contributed by atoms with Crippen LogP contribution in [0.3, 0.4) is 0 Å². The van der Waals surface area contributed by atoms with Crippen molar-refractivity contribution in [3.63, 3.8) is 0 Å². The maximum Gasteiger partial charge on any atom is 0.257 e. The molecule has 0 fully saturated rings. The van der Waals surface area contributed by atoms with E-state index in [1.54, 1.807) is 42.5 Å². The fourth-order valence-electron chi connectivity index (χ4n) is 2.52. The van der Waals surface area contributed by atoms with Crippen molar-refractivity contribution in [3.05, 3.63) is 42.1 Å². The molecule has 0 saturated heterocycles. The number of methoxy groups -OCH3 is 1.